The molecule has 1 saturated heterocycles. The lowest BCUT2D eigenvalue weighted by atomic mass is 9.83. The van der Waals surface area contributed by atoms with E-state index in [2.05, 4.69) is 50.4 Å². The van der Waals surface area contributed by atoms with Crippen LogP contribution in [0, 0.1) is 0 Å². The number of piperidine rings is 1. The molecular weight excluding hydrogens is 350 g/mol. The summed E-state index contributed by atoms with van der Waals surface area (Å²) in [5.41, 5.74) is -0.0220. The quantitative estimate of drug-likeness (QED) is 0.833. The van der Waals surface area contributed by atoms with Gasteiger partial charge in [-0.25, -0.2) is 0 Å². The molecule has 1 atom stereocenters. The average molecular weight is 368 g/mol. The average Bonchev–Trinajstić information content (AvgIpc) is 2.97. The Labute approximate surface area is 137 Å². The number of aromatic nitrogens is 2. The fourth-order valence-corrected chi connectivity index (χ4v) is 3.48. The summed E-state index contributed by atoms with van der Waals surface area (Å²) in [5, 5.41) is 7.53. The molecule has 1 aliphatic rings. The summed E-state index contributed by atoms with van der Waals surface area (Å²) in [6, 6.07) is 8.25. The first kappa shape index (κ1) is 15.1. The SMILES string of the molecule is CC1(c2nc(CSc3ccc(Br)cc3)no2)CCCNC1. The van der Waals surface area contributed by atoms with Crippen molar-refractivity contribution in [3.8, 4) is 0 Å². The summed E-state index contributed by atoms with van der Waals surface area (Å²) in [5.74, 6) is 2.26. The van der Waals surface area contributed by atoms with Gasteiger partial charge in [-0.1, -0.05) is 21.1 Å². The van der Waals surface area contributed by atoms with Crippen LogP contribution in [-0.4, -0.2) is 23.2 Å². The van der Waals surface area contributed by atoms with Gasteiger partial charge in [-0.05, 0) is 50.6 Å². The molecule has 1 aliphatic heterocycles. The minimum Gasteiger partial charge on any atom is -0.339 e. The van der Waals surface area contributed by atoms with E-state index in [0.29, 0.717) is 0 Å². The number of hydrogen-bond donors (Lipinski definition) is 1. The van der Waals surface area contributed by atoms with E-state index in [0.717, 1.165) is 47.9 Å². The molecular formula is C15H18BrN3OS. The van der Waals surface area contributed by atoms with Gasteiger partial charge in [0.2, 0.25) is 5.89 Å². The van der Waals surface area contributed by atoms with Crippen LogP contribution in [0.25, 0.3) is 0 Å². The van der Waals surface area contributed by atoms with Crippen molar-refractivity contribution in [2.75, 3.05) is 13.1 Å². The Hall–Kier alpha value is -0.850. The highest BCUT2D eigenvalue weighted by Gasteiger charge is 2.34. The van der Waals surface area contributed by atoms with Crippen molar-refractivity contribution in [1.82, 2.24) is 15.5 Å². The van der Waals surface area contributed by atoms with Crippen LogP contribution < -0.4 is 5.32 Å². The molecule has 1 unspecified atom stereocenters. The Balaban J connectivity index is 1.63. The number of nitrogens with zero attached hydrogens (tertiary/aromatic N) is 2. The molecule has 1 aromatic heterocycles. The normalized spacial score (nSPS) is 22.4. The van der Waals surface area contributed by atoms with Crippen LogP contribution in [0.1, 0.15) is 31.5 Å². The van der Waals surface area contributed by atoms with Crippen LogP contribution in [0.4, 0.5) is 0 Å². The highest BCUT2D eigenvalue weighted by Crippen LogP contribution is 2.30. The van der Waals surface area contributed by atoms with Gasteiger partial charge in [-0.15, -0.1) is 11.8 Å². The molecule has 3 rings (SSSR count). The van der Waals surface area contributed by atoms with Crippen LogP contribution >= 0.6 is 27.7 Å². The van der Waals surface area contributed by atoms with Gasteiger partial charge < -0.3 is 9.84 Å². The molecule has 2 heterocycles. The number of hydrogen-bond acceptors (Lipinski definition) is 5. The maximum absolute atomic E-state index is 5.49. The molecule has 0 spiro atoms. The first-order chi connectivity index (χ1) is 10.2. The van der Waals surface area contributed by atoms with Crippen molar-refractivity contribution in [1.29, 1.82) is 0 Å². The Morgan fingerprint density at radius 3 is 2.90 bits per heavy atom. The van der Waals surface area contributed by atoms with E-state index in [4.69, 9.17) is 4.52 Å². The van der Waals surface area contributed by atoms with Crippen molar-refractivity contribution in [2.24, 2.45) is 0 Å². The topological polar surface area (TPSA) is 51.0 Å². The van der Waals surface area contributed by atoms with Crippen molar-refractivity contribution in [3.05, 3.63) is 40.5 Å². The Morgan fingerprint density at radius 2 is 2.19 bits per heavy atom. The van der Waals surface area contributed by atoms with E-state index < -0.39 is 0 Å². The fraction of sp³-hybridized carbons (Fsp3) is 0.467. The number of benzene rings is 1. The molecule has 4 nitrogen and oxygen atoms in total. The third kappa shape index (κ3) is 3.67. The second-order valence-electron chi connectivity index (χ2n) is 5.60. The number of halogens is 1. The van der Waals surface area contributed by atoms with E-state index in [1.165, 1.54) is 4.90 Å². The van der Waals surface area contributed by atoms with Gasteiger partial charge >= 0.3 is 0 Å². The minimum atomic E-state index is -0.0220. The monoisotopic (exact) mass is 367 g/mol. The minimum absolute atomic E-state index is 0.0220. The second kappa shape index (κ2) is 6.50. The van der Waals surface area contributed by atoms with Gasteiger partial charge in [0.15, 0.2) is 5.82 Å². The third-order valence-corrected chi connectivity index (χ3v) is 5.30. The van der Waals surface area contributed by atoms with E-state index >= 15 is 0 Å². The van der Waals surface area contributed by atoms with Gasteiger partial charge in [0.1, 0.15) is 0 Å². The second-order valence-corrected chi connectivity index (χ2v) is 7.56. The van der Waals surface area contributed by atoms with E-state index in [1.54, 1.807) is 11.8 Å². The standard InChI is InChI=1S/C15H18BrN3OS/c1-15(7-2-8-17-10-15)14-18-13(19-20-14)9-21-12-5-3-11(16)4-6-12/h3-6,17H,2,7-10H2,1H3. The summed E-state index contributed by atoms with van der Waals surface area (Å²) in [4.78, 5) is 5.79. The molecule has 0 radical (unpaired) electrons. The van der Waals surface area contributed by atoms with Gasteiger partial charge in [-0.2, -0.15) is 4.98 Å². The zero-order chi connectivity index (χ0) is 14.7. The molecule has 0 aliphatic carbocycles. The molecule has 1 N–H and O–H groups in total. The zero-order valence-electron chi connectivity index (χ0n) is 11.9. The number of thioether (sulfide) groups is 1. The molecule has 0 amide bonds. The summed E-state index contributed by atoms with van der Waals surface area (Å²) in [6.07, 6.45) is 2.25. The van der Waals surface area contributed by atoms with Crippen molar-refractivity contribution >= 4 is 27.7 Å². The Kier molecular flexibility index (Phi) is 4.66. The maximum atomic E-state index is 5.49. The molecule has 1 aromatic carbocycles. The molecule has 0 bridgehead atoms. The van der Waals surface area contributed by atoms with Crippen LogP contribution in [0.15, 0.2) is 38.2 Å². The fourth-order valence-electron chi connectivity index (χ4n) is 2.48. The smallest absolute Gasteiger partial charge is 0.233 e. The Morgan fingerprint density at radius 1 is 1.38 bits per heavy atom. The number of nitrogens with one attached hydrogen (secondary N) is 1. The summed E-state index contributed by atoms with van der Waals surface area (Å²) in [6.45, 7) is 4.18. The Bertz CT molecular complexity index is 593. The van der Waals surface area contributed by atoms with E-state index in [9.17, 15) is 0 Å². The maximum Gasteiger partial charge on any atom is 0.233 e. The highest BCUT2D eigenvalue weighted by molar-refractivity contribution is 9.10. The van der Waals surface area contributed by atoms with Crippen LogP contribution in [0.2, 0.25) is 0 Å². The molecule has 2 aromatic rings. The van der Waals surface area contributed by atoms with Gasteiger partial charge in [0.05, 0.1) is 11.2 Å². The lowest BCUT2D eigenvalue weighted by Crippen LogP contribution is -2.41. The van der Waals surface area contributed by atoms with Gasteiger partial charge in [0.25, 0.3) is 0 Å². The highest BCUT2D eigenvalue weighted by atomic mass is 79.9. The van der Waals surface area contributed by atoms with Crippen molar-refractivity contribution < 1.29 is 4.52 Å². The lowest BCUT2D eigenvalue weighted by molar-refractivity contribution is 0.245. The van der Waals surface area contributed by atoms with Crippen molar-refractivity contribution in [2.45, 2.75) is 35.8 Å². The van der Waals surface area contributed by atoms with Crippen LogP contribution in [0.3, 0.4) is 0 Å². The summed E-state index contributed by atoms with van der Waals surface area (Å²) in [7, 11) is 0. The molecule has 21 heavy (non-hydrogen) atoms. The first-order valence-corrected chi connectivity index (χ1v) is 8.86. The number of rotatable bonds is 4. The molecule has 112 valence electrons. The largest absolute Gasteiger partial charge is 0.339 e. The summed E-state index contributed by atoms with van der Waals surface area (Å²) >= 11 is 5.16. The lowest BCUT2D eigenvalue weighted by Gasteiger charge is -2.30. The first-order valence-electron chi connectivity index (χ1n) is 7.08. The molecule has 6 heteroatoms. The predicted octanol–water partition coefficient (Wildman–Crippen LogP) is 3.77. The van der Waals surface area contributed by atoms with Crippen molar-refractivity contribution in [3.63, 3.8) is 0 Å². The van der Waals surface area contributed by atoms with Crippen LogP contribution in [-0.2, 0) is 11.2 Å². The van der Waals surface area contributed by atoms with Gasteiger partial charge in [-0.3, -0.25) is 0 Å². The van der Waals surface area contributed by atoms with E-state index in [1.807, 2.05) is 12.1 Å². The van der Waals surface area contributed by atoms with Crippen LogP contribution in [0.5, 0.6) is 0 Å². The van der Waals surface area contributed by atoms with Gasteiger partial charge in [0, 0.05) is 15.9 Å². The predicted molar refractivity (Wildman–Crippen MR) is 87.5 cm³/mol. The third-order valence-electron chi connectivity index (χ3n) is 3.76. The summed E-state index contributed by atoms with van der Waals surface area (Å²) < 4.78 is 6.58. The van der Waals surface area contributed by atoms with E-state index in [-0.39, 0.29) is 5.41 Å². The zero-order valence-corrected chi connectivity index (χ0v) is 14.3. The molecule has 1 fully saturated rings. The molecule has 0 saturated carbocycles.